The summed E-state index contributed by atoms with van der Waals surface area (Å²) < 4.78 is 15.7. The molecule has 1 atom stereocenters. The van der Waals surface area contributed by atoms with Gasteiger partial charge in [0.1, 0.15) is 0 Å². The zero-order valence-electron chi connectivity index (χ0n) is 13.8. The number of benzene rings is 1. The number of ether oxygens (including phenoxy) is 3. The molecule has 2 N–H and O–H groups in total. The average Bonchev–Trinajstić information content (AvgIpc) is 3.12. The molecule has 0 aromatic heterocycles. The van der Waals surface area contributed by atoms with Crippen molar-refractivity contribution in [1.82, 2.24) is 5.32 Å². The Kier molecular flexibility index (Phi) is 7.27. The first-order valence-corrected chi connectivity index (χ1v) is 8.58. The molecule has 0 bridgehead atoms. The zero-order chi connectivity index (χ0) is 18.2. The lowest BCUT2D eigenvalue weighted by Crippen LogP contribution is -2.34. The van der Waals surface area contributed by atoms with Crippen LogP contribution in [0, 0.1) is 0 Å². The second kappa shape index (κ2) is 9.43. The molecule has 1 aliphatic rings. The Morgan fingerprint density at radius 1 is 1.48 bits per heavy atom. The van der Waals surface area contributed by atoms with E-state index in [0.29, 0.717) is 16.6 Å². The van der Waals surface area contributed by atoms with Gasteiger partial charge < -0.3 is 24.6 Å². The van der Waals surface area contributed by atoms with Gasteiger partial charge in [0.25, 0.3) is 5.91 Å². The maximum atomic E-state index is 11.7. The molecule has 7 nitrogen and oxygen atoms in total. The Bertz CT molecular complexity index is 655. The highest BCUT2D eigenvalue weighted by Gasteiger charge is 2.16. The minimum atomic E-state index is -0.643. The van der Waals surface area contributed by atoms with E-state index in [1.54, 1.807) is 12.1 Å². The number of hydrogen-bond donors (Lipinski definition) is 2. The summed E-state index contributed by atoms with van der Waals surface area (Å²) in [5, 5.41) is 12.4. The number of hydrogen-bond acceptors (Lipinski definition) is 6. The first kappa shape index (κ1) is 19.3. The van der Waals surface area contributed by atoms with Crippen molar-refractivity contribution in [2.45, 2.75) is 18.9 Å². The molecular weight excluding hydrogens is 394 g/mol. The third-order valence-corrected chi connectivity index (χ3v) is 4.18. The van der Waals surface area contributed by atoms with Crippen LogP contribution in [0.25, 0.3) is 6.08 Å². The van der Waals surface area contributed by atoms with Gasteiger partial charge in [0.05, 0.1) is 17.7 Å². The predicted octanol–water partition coefficient (Wildman–Crippen LogP) is 2.01. The Morgan fingerprint density at radius 3 is 2.96 bits per heavy atom. The molecule has 1 amide bonds. The van der Waals surface area contributed by atoms with E-state index in [9.17, 15) is 14.7 Å². The normalized spacial score (nSPS) is 16.8. The van der Waals surface area contributed by atoms with Crippen LogP contribution in [0.2, 0.25) is 0 Å². The van der Waals surface area contributed by atoms with Crippen LogP contribution in [0.1, 0.15) is 18.4 Å². The number of phenolic OH excluding ortho intramolecular Hbond substituents is 1. The topological polar surface area (TPSA) is 94.1 Å². The Labute approximate surface area is 154 Å². The van der Waals surface area contributed by atoms with Crippen LogP contribution in [0.4, 0.5) is 0 Å². The van der Waals surface area contributed by atoms with Crippen LogP contribution in [0.3, 0.4) is 0 Å². The molecule has 25 heavy (non-hydrogen) atoms. The molecule has 0 saturated carbocycles. The Hall–Kier alpha value is -2.06. The predicted molar refractivity (Wildman–Crippen MR) is 94.3 cm³/mol. The number of carbonyl (C=O) groups is 2. The lowest BCUT2D eigenvalue weighted by atomic mass is 10.2. The minimum Gasteiger partial charge on any atom is -0.503 e. The van der Waals surface area contributed by atoms with E-state index >= 15 is 0 Å². The monoisotopic (exact) mass is 413 g/mol. The number of amides is 1. The first-order valence-electron chi connectivity index (χ1n) is 7.79. The van der Waals surface area contributed by atoms with Crippen LogP contribution in [-0.4, -0.2) is 50.0 Å². The lowest BCUT2D eigenvalue weighted by molar-refractivity contribution is -0.143. The van der Waals surface area contributed by atoms with Gasteiger partial charge in [-0.3, -0.25) is 4.79 Å². The number of carbonyl (C=O) groups excluding carboxylic acids is 2. The van der Waals surface area contributed by atoms with Crippen molar-refractivity contribution < 1.29 is 28.9 Å². The fourth-order valence-electron chi connectivity index (χ4n) is 2.28. The van der Waals surface area contributed by atoms with Gasteiger partial charge in [-0.25, -0.2) is 4.79 Å². The molecule has 0 spiro atoms. The van der Waals surface area contributed by atoms with Gasteiger partial charge in [0.15, 0.2) is 18.1 Å². The summed E-state index contributed by atoms with van der Waals surface area (Å²) >= 11 is 3.20. The van der Waals surface area contributed by atoms with Crippen molar-refractivity contribution in [2.75, 3.05) is 26.9 Å². The van der Waals surface area contributed by atoms with E-state index < -0.39 is 5.97 Å². The molecule has 1 aromatic carbocycles. The number of methoxy groups -OCH3 is 1. The molecule has 1 aliphatic heterocycles. The fourth-order valence-corrected chi connectivity index (χ4v) is 2.74. The number of aromatic hydroxyl groups is 1. The number of esters is 1. The van der Waals surface area contributed by atoms with Gasteiger partial charge in [-0.05, 0) is 52.5 Å². The quantitative estimate of drug-likeness (QED) is 0.524. The largest absolute Gasteiger partial charge is 0.503 e. The maximum Gasteiger partial charge on any atom is 0.331 e. The van der Waals surface area contributed by atoms with Crippen molar-refractivity contribution in [3.05, 3.63) is 28.2 Å². The molecule has 2 rings (SSSR count). The van der Waals surface area contributed by atoms with E-state index in [2.05, 4.69) is 21.2 Å². The molecule has 8 heteroatoms. The molecule has 0 unspecified atom stereocenters. The number of nitrogens with one attached hydrogen (secondary N) is 1. The van der Waals surface area contributed by atoms with Crippen LogP contribution in [0.5, 0.6) is 11.5 Å². The lowest BCUT2D eigenvalue weighted by Gasteiger charge is -2.10. The van der Waals surface area contributed by atoms with Crippen LogP contribution >= 0.6 is 15.9 Å². The minimum absolute atomic E-state index is 0.0230. The SMILES string of the molecule is COc1cc(/C=C/C(=O)OCC(=O)NC[C@@H]2CCCO2)cc(Br)c1O. The summed E-state index contributed by atoms with van der Waals surface area (Å²) in [6, 6.07) is 3.19. The van der Waals surface area contributed by atoms with E-state index in [1.807, 2.05) is 0 Å². The standard InChI is InChI=1S/C17H20BrNO6/c1-23-14-8-11(7-13(18)17(14)22)4-5-16(21)25-10-15(20)19-9-12-3-2-6-24-12/h4-5,7-8,12,22H,2-3,6,9-10H2,1H3,(H,19,20)/b5-4+/t12-/m0/s1. The second-order valence-corrected chi connectivity index (χ2v) is 6.29. The third-order valence-electron chi connectivity index (χ3n) is 3.58. The molecule has 0 radical (unpaired) electrons. The molecule has 136 valence electrons. The average molecular weight is 414 g/mol. The van der Waals surface area contributed by atoms with E-state index in [-0.39, 0.29) is 30.1 Å². The Balaban J connectivity index is 1.78. The van der Waals surface area contributed by atoms with Crippen molar-refractivity contribution in [1.29, 1.82) is 0 Å². The summed E-state index contributed by atoms with van der Waals surface area (Å²) in [7, 11) is 1.43. The highest BCUT2D eigenvalue weighted by Crippen LogP contribution is 2.35. The summed E-state index contributed by atoms with van der Waals surface area (Å²) in [4.78, 5) is 23.3. The molecule has 1 heterocycles. The van der Waals surface area contributed by atoms with Gasteiger partial charge in [0.2, 0.25) is 0 Å². The van der Waals surface area contributed by atoms with Gasteiger partial charge in [-0.1, -0.05) is 0 Å². The van der Waals surface area contributed by atoms with Crippen molar-refractivity contribution in [3.63, 3.8) is 0 Å². The smallest absolute Gasteiger partial charge is 0.331 e. The van der Waals surface area contributed by atoms with Crippen LogP contribution < -0.4 is 10.1 Å². The van der Waals surface area contributed by atoms with Crippen LogP contribution in [0.15, 0.2) is 22.7 Å². The van der Waals surface area contributed by atoms with Crippen LogP contribution in [-0.2, 0) is 19.1 Å². The molecular formula is C17H20BrNO6. The summed E-state index contributed by atoms with van der Waals surface area (Å²) in [6.45, 7) is 0.796. The first-order chi connectivity index (χ1) is 12.0. The summed E-state index contributed by atoms with van der Waals surface area (Å²) in [6.07, 6.45) is 4.67. The maximum absolute atomic E-state index is 11.7. The van der Waals surface area contributed by atoms with E-state index in [4.69, 9.17) is 14.2 Å². The van der Waals surface area contributed by atoms with Gasteiger partial charge in [-0.2, -0.15) is 0 Å². The second-order valence-electron chi connectivity index (χ2n) is 5.43. The van der Waals surface area contributed by atoms with E-state index in [0.717, 1.165) is 19.4 Å². The molecule has 0 aliphatic carbocycles. The van der Waals surface area contributed by atoms with Crippen molar-refractivity contribution in [2.24, 2.45) is 0 Å². The fraction of sp³-hybridized carbons (Fsp3) is 0.412. The number of phenols is 1. The highest BCUT2D eigenvalue weighted by atomic mass is 79.9. The Morgan fingerprint density at radius 2 is 2.28 bits per heavy atom. The summed E-state index contributed by atoms with van der Waals surface area (Å²) in [5.74, 6) is -0.761. The van der Waals surface area contributed by atoms with Gasteiger partial charge >= 0.3 is 5.97 Å². The molecule has 1 aromatic rings. The van der Waals surface area contributed by atoms with E-state index in [1.165, 1.54) is 19.3 Å². The zero-order valence-corrected chi connectivity index (χ0v) is 15.4. The number of rotatable bonds is 7. The third kappa shape index (κ3) is 6.06. The molecule has 1 fully saturated rings. The number of halogens is 1. The van der Waals surface area contributed by atoms with Crippen molar-refractivity contribution >= 4 is 33.9 Å². The van der Waals surface area contributed by atoms with Gasteiger partial charge in [0, 0.05) is 19.2 Å². The summed E-state index contributed by atoms with van der Waals surface area (Å²) in [5.41, 5.74) is 0.626. The molecule has 1 saturated heterocycles. The highest BCUT2D eigenvalue weighted by molar-refractivity contribution is 9.10. The van der Waals surface area contributed by atoms with Gasteiger partial charge in [-0.15, -0.1) is 0 Å². The van der Waals surface area contributed by atoms with Crippen molar-refractivity contribution in [3.8, 4) is 11.5 Å².